The highest BCUT2D eigenvalue weighted by Gasteiger charge is 2.29. The quantitative estimate of drug-likeness (QED) is 0.636. The lowest BCUT2D eigenvalue weighted by molar-refractivity contribution is 0.0869. The van der Waals surface area contributed by atoms with E-state index in [-0.39, 0.29) is 17.4 Å². The molecule has 0 aliphatic heterocycles. The van der Waals surface area contributed by atoms with Crippen LogP contribution < -0.4 is 10.1 Å². The number of nitrogens with zero attached hydrogens (tertiary/aromatic N) is 2. The van der Waals surface area contributed by atoms with Crippen molar-refractivity contribution in [1.82, 2.24) is 15.1 Å². The average molecular weight is 423 g/mol. The zero-order valence-electron chi connectivity index (χ0n) is 17.6. The van der Waals surface area contributed by atoms with Gasteiger partial charge in [-0.2, -0.15) is 5.10 Å². The molecule has 0 saturated heterocycles. The largest absolute Gasteiger partial charge is 0.493 e. The molecule has 31 heavy (non-hydrogen) atoms. The van der Waals surface area contributed by atoms with Crippen LogP contribution in [0.15, 0.2) is 48.8 Å². The molecule has 3 aromatic rings. The predicted molar refractivity (Wildman–Crippen MR) is 115 cm³/mol. The number of hydrogen-bond acceptors (Lipinski definition) is 4. The minimum atomic E-state index is -0.571. The van der Waals surface area contributed by atoms with Crippen molar-refractivity contribution in [2.75, 3.05) is 7.11 Å². The van der Waals surface area contributed by atoms with Crippen LogP contribution >= 0.6 is 0 Å². The van der Waals surface area contributed by atoms with Crippen molar-refractivity contribution in [3.05, 3.63) is 76.9 Å². The van der Waals surface area contributed by atoms with Crippen molar-refractivity contribution < 1.29 is 19.0 Å². The van der Waals surface area contributed by atoms with Crippen LogP contribution in [0.4, 0.5) is 4.39 Å². The number of halogens is 1. The molecule has 0 unspecified atom stereocenters. The van der Waals surface area contributed by atoms with Crippen LogP contribution in [0, 0.1) is 12.7 Å². The Hall–Kier alpha value is -3.19. The van der Waals surface area contributed by atoms with Gasteiger partial charge in [0.05, 0.1) is 30.5 Å². The number of hydrogen-bond donors (Lipinski definition) is 2. The van der Waals surface area contributed by atoms with Crippen LogP contribution in [0.2, 0.25) is 0 Å². The zero-order valence-corrected chi connectivity index (χ0v) is 17.6. The molecule has 1 fully saturated rings. The lowest BCUT2D eigenvalue weighted by Crippen LogP contribution is -2.40. The maximum atomic E-state index is 15.1. The van der Waals surface area contributed by atoms with E-state index in [4.69, 9.17) is 4.74 Å². The maximum absolute atomic E-state index is 15.1. The number of aromatic nitrogens is 2. The fraction of sp³-hybridized carbons (Fsp3) is 0.333. The zero-order chi connectivity index (χ0) is 22.0. The normalized spacial score (nSPS) is 18.2. The van der Waals surface area contributed by atoms with E-state index in [1.54, 1.807) is 23.9 Å². The van der Waals surface area contributed by atoms with Crippen LogP contribution in [0.3, 0.4) is 0 Å². The van der Waals surface area contributed by atoms with Crippen molar-refractivity contribution in [1.29, 1.82) is 0 Å². The minimum absolute atomic E-state index is 0.0692. The van der Waals surface area contributed by atoms with Crippen molar-refractivity contribution >= 4 is 5.91 Å². The Balaban J connectivity index is 1.61. The first-order valence-electron chi connectivity index (χ1n) is 10.4. The first kappa shape index (κ1) is 21.1. The van der Waals surface area contributed by atoms with Crippen LogP contribution in [-0.4, -0.2) is 40.0 Å². The summed E-state index contributed by atoms with van der Waals surface area (Å²) in [6.07, 6.45) is 5.70. The number of benzene rings is 2. The van der Waals surface area contributed by atoms with Gasteiger partial charge < -0.3 is 15.2 Å². The third kappa shape index (κ3) is 4.32. The Morgan fingerprint density at radius 1 is 1.32 bits per heavy atom. The fourth-order valence-electron chi connectivity index (χ4n) is 4.09. The summed E-state index contributed by atoms with van der Waals surface area (Å²) >= 11 is 0. The van der Waals surface area contributed by atoms with E-state index in [1.165, 1.54) is 7.11 Å². The van der Waals surface area contributed by atoms with Crippen LogP contribution in [0.5, 0.6) is 5.75 Å². The van der Waals surface area contributed by atoms with Gasteiger partial charge in [-0.05, 0) is 73.6 Å². The minimum Gasteiger partial charge on any atom is -0.493 e. The van der Waals surface area contributed by atoms with E-state index >= 15 is 4.39 Å². The number of carbonyl (C=O) groups excluding carboxylic acids is 1. The molecule has 1 saturated carbocycles. The number of amides is 1. The second-order valence-corrected chi connectivity index (χ2v) is 7.93. The topological polar surface area (TPSA) is 76.4 Å². The molecule has 0 spiro atoms. The van der Waals surface area contributed by atoms with Gasteiger partial charge in [0, 0.05) is 12.4 Å². The third-order valence-electron chi connectivity index (χ3n) is 5.92. The SMILES string of the molecule is COc1c(C(=O)N[C@@H]2CCC[C@H]2O)cc(Cc2ccc(-n3cccn3)cc2)c(C)c1F. The number of aliphatic hydroxyl groups is 1. The van der Waals surface area contributed by atoms with E-state index in [9.17, 15) is 9.90 Å². The lowest BCUT2D eigenvalue weighted by atomic mass is 9.96. The predicted octanol–water partition coefficient (Wildman–Crippen LogP) is 3.56. The Morgan fingerprint density at radius 3 is 2.71 bits per heavy atom. The van der Waals surface area contributed by atoms with Gasteiger partial charge in [-0.3, -0.25) is 4.79 Å². The fourth-order valence-corrected chi connectivity index (χ4v) is 4.09. The van der Waals surface area contributed by atoms with Gasteiger partial charge in [0.1, 0.15) is 0 Å². The molecule has 2 atom stereocenters. The summed E-state index contributed by atoms with van der Waals surface area (Å²) in [5.41, 5.74) is 3.23. The number of carbonyl (C=O) groups is 1. The first-order valence-corrected chi connectivity index (χ1v) is 10.4. The van der Waals surface area contributed by atoms with Crippen molar-refractivity contribution in [2.24, 2.45) is 0 Å². The molecule has 0 bridgehead atoms. The number of rotatable bonds is 6. The second-order valence-electron chi connectivity index (χ2n) is 7.93. The molecular weight excluding hydrogens is 397 g/mol. The molecule has 2 N–H and O–H groups in total. The summed E-state index contributed by atoms with van der Waals surface area (Å²) in [5.74, 6) is -1.04. The molecule has 1 aliphatic carbocycles. The summed E-state index contributed by atoms with van der Waals surface area (Å²) in [5, 5.41) is 17.1. The average Bonchev–Trinajstić information content (AvgIpc) is 3.44. The van der Waals surface area contributed by atoms with E-state index < -0.39 is 17.8 Å². The Morgan fingerprint density at radius 2 is 2.10 bits per heavy atom. The van der Waals surface area contributed by atoms with Gasteiger partial charge in [0.25, 0.3) is 5.91 Å². The summed E-state index contributed by atoms with van der Waals surface area (Å²) < 4.78 is 22.0. The molecule has 4 rings (SSSR count). The number of nitrogens with one attached hydrogen (secondary N) is 1. The van der Waals surface area contributed by atoms with Crippen LogP contribution in [0.1, 0.15) is 46.3 Å². The summed E-state index contributed by atoms with van der Waals surface area (Å²) in [7, 11) is 1.35. The number of aliphatic hydroxyl groups excluding tert-OH is 1. The number of ether oxygens (including phenoxy) is 1. The standard InChI is InChI=1S/C24H26FN3O3/c1-15-17(13-16-7-9-18(10-8-16)28-12-4-11-26-28)14-19(23(31-2)22(15)25)24(30)27-20-5-3-6-21(20)29/h4,7-12,14,20-21,29H,3,5-6,13H2,1-2H3,(H,27,30)/t20-,21-/m1/s1. The first-order chi connectivity index (χ1) is 15.0. The van der Waals surface area contributed by atoms with E-state index in [2.05, 4.69) is 10.4 Å². The highest BCUT2D eigenvalue weighted by atomic mass is 19.1. The Kier molecular flexibility index (Phi) is 6.04. The van der Waals surface area contributed by atoms with Crippen LogP contribution in [-0.2, 0) is 6.42 Å². The molecule has 2 aromatic carbocycles. The van der Waals surface area contributed by atoms with Crippen LogP contribution in [0.25, 0.3) is 5.69 Å². The molecule has 0 radical (unpaired) electrons. The van der Waals surface area contributed by atoms with E-state index in [0.29, 0.717) is 30.4 Å². The third-order valence-corrected chi connectivity index (χ3v) is 5.92. The molecule has 1 aromatic heterocycles. The van der Waals surface area contributed by atoms with E-state index in [1.807, 2.05) is 36.5 Å². The smallest absolute Gasteiger partial charge is 0.255 e. The summed E-state index contributed by atoms with van der Waals surface area (Å²) in [6.45, 7) is 1.69. The van der Waals surface area contributed by atoms with E-state index in [0.717, 1.165) is 17.7 Å². The molecule has 1 amide bonds. The summed E-state index contributed by atoms with van der Waals surface area (Å²) in [4.78, 5) is 12.9. The summed E-state index contributed by atoms with van der Waals surface area (Å²) in [6, 6.07) is 11.1. The maximum Gasteiger partial charge on any atom is 0.255 e. The lowest BCUT2D eigenvalue weighted by Gasteiger charge is -2.19. The monoisotopic (exact) mass is 423 g/mol. The van der Waals surface area contributed by atoms with Crippen molar-refractivity contribution in [3.63, 3.8) is 0 Å². The highest BCUT2D eigenvalue weighted by Crippen LogP contribution is 2.30. The molecular formula is C24H26FN3O3. The molecule has 6 nitrogen and oxygen atoms in total. The van der Waals surface area contributed by atoms with Gasteiger partial charge in [-0.15, -0.1) is 0 Å². The van der Waals surface area contributed by atoms with Gasteiger partial charge in [0.2, 0.25) is 0 Å². The van der Waals surface area contributed by atoms with Gasteiger partial charge in [-0.1, -0.05) is 12.1 Å². The van der Waals surface area contributed by atoms with Gasteiger partial charge >= 0.3 is 0 Å². The molecule has 1 aliphatic rings. The Bertz CT molecular complexity index is 1060. The van der Waals surface area contributed by atoms with Crippen molar-refractivity contribution in [3.8, 4) is 11.4 Å². The van der Waals surface area contributed by atoms with Crippen molar-refractivity contribution in [2.45, 2.75) is 44.8 Å². The molecule has 1 heterocycles. The second kappa shape index (κ2) is 8.89. The van der Waals surface area contributed by atoms with Gasteiger partial charge in [0.15, 0.2) is 11.6 Å². The number of methoxy groups -OCH3 is 1. The molecule has 162 valence electrons. The highest BCUT2D eigenvalue weighted by molar-refractivity contribution is 5.97. The molecule has 7 heteroatoms. The Labute approximate surface area is 180 Å². The van der Waals surface area contributed by atoms with Gasteiger partial charge in [-0.25, -0.2) is 9.07 Å².